The van der Waals surface area contributed by atoms with E-state index in [9.17, 15) is 4.79 Å². The maximum Gasteiger partial charge on any atom is 0.251 e. The number of aromatic nitrogens is 3. The van der Waals surface area contributed by atoms with Gasteiger partial charge >= 0.3 is 0 Å². The number of nitrogens with zero attached hydrogens (tertiary/aromatic N) is 3. The molecule has 0 fully saturated rings. The van der Waals surface area contributed by atoms with Gasteiger partial charge in [0.15, 0.2) is 0 Å². The van der Waals surface area contributed by atoms with E-state index >= 15 is 0 Å². The molecule has 0 saturated carbocycles. The molecule has 0 atom stereocenters. The van der Waals surface area contributed by atoms with Crippen LogP contribution in [0.15, 0.2) is 91.6 Å². The molecule has 0 unspecified atom stereocenters. The molecule has 0 bridgehead atoms. The quantitative estimate of drug-likeness (QED) is 0.561. The van der Waals surface area contributed by atoms with Gasteiger partial charge in [-0.15, -0.1) is 0 Å². The van der Waals surface area contributed by atoms with Crippen LogP contribution in [-0.2, 0) is 6.42 Å². The lowest BCUT2D eigenvalue weighted by molar-refractivity contribution is 0.0954. The van der Waals surface area contributed by atoms with E-state index in [1.165, 1.54) is 0 Å². The summed E-state index contributed by atoms with van der Waals surface area (Å²) in [5, 5.41) is 2.95. The number of carbonyl (C=O) groups excluding carboxylic acids is 1. The average molecular weight is 368 g/mol. The van der Waals surface area contributed by atoms with Gasteiger partial charge in [-0.25, -0.2) is 4.98 Å². The molecule has 5 nitrogen and oxygen atoms in total. The Morgan fingerprint density at radius 1 is 0.929 bits per heavy atom. The summed E-state index contributed by atoms with van der Waals surface area (Å²) >= 11 is 0. The summed E-state index contributed by atoms with van der Waals surface area (Å²) in [6, 6.07) is 21.5. The molecular formula is C23H20N4O. The van der Waals surface area contributed by atoms with Crippen molar-refractivity contribution in [3.63, 3.8) is 0 Å². The van der Waals surface area contributed by atoms with Crippen LogP contribution in [0.3, 0.4) is 0 Å². The number of hydrogen-bond donors (Lipinski definition) is 1. The molecule has 1 amide bonds. The zero-order valence-corrected chi connectivity index (χ0v) is 15.3. The van der Waals surface area contributed by atoms with Crippen LogP contribution in [0.5, 0.6) is 0 Å². The van der Waals surface area contributed by atoms with Gasteiger partial charge in [0.2, 0.25) is 0 Å². The third-order valence-corrected chi connectivity index (χ3v) is 4.53. The van der Waals surface area contributed by atoms with Gasteiger partial charge in [-0.05, 0) is 48.4 Å². The van der Waals surface area contributed by atoms with E-state index < -0.39 is 0 Å². The zero-order chi connectivity index (χ0) is 19.2. The summed E-state index contributed by atoms with van der Waals surface area (Å²) in [7, 11) is 0. The summed E-state index contributed by atoms with van der Waals surface area (Å²) in [4.78, 5) is 20.8. The second-order valence-corrected chi connectivity index (χ2v) is 6.44. The van der Waals surface area contributed by atoms with Crippen molar-refractivity contribution >= 4 is 5.91 Å². The van der Waals surface area contributed by atoms with E-state index in [-0.39, 0.29) is 5.91 Å². The molecule has 4 rings (SSSR count). The number of carbonyl (C=O) groups is 1. The standard InChI is InChI=1S/C23H20N4O/c28-23(25-15-12-18-10-13-24-14-11-18)20-8-6-19(7-9-20)22-16-27(17-26-22)21-4-2-1-3-5-21/h1-11,13-14,16-17H,12,15H2,(H,25,28). The first kappa shape index (κ1) is 17.7. The molecule has 0 spiro atoms. The van der Waals surface area contributed by atoms with Crippen LogP contribution in [0.1, 0.15) is 15.9 Å². The van der Waals surface area contributed by atoms with Gasteiger partial charge in [0.1, 0.15) is 0 Å². The summed E-state index contributed by atoms with van der Waals surface area (Å²) in [6.45, 7) is 0.589. The van der Waals surface area contributed by atoms with E-state index in [4.69, 9.17) is 0 Å². The van der Waals surface area contributed by atoms with E-state index in [0.29, 0.717) is 12.1 Å². The van der Waals surface area contributed by atoms with Crippen molar-refractivity contribution in [3.05, 3.63) is 103 Å². The highest BCUT2D eigenvalue weighted by Gasteiger charge is 2.07. The Morgan fingerprint density at radius 2 is 1.68 bits per heavy atom. The van der Waals surface area contributed by atoms with Crippen LogP contribution in [-0.4, -0.2) is 27.0 Å². The molecule has 4 aromatic rings. The molecule has 0 saturated heterocycles. The first-order valence-electron chi connectivity index (χ1n) is 9.16. The summed E-state index contributed by atoms with van der Waals surface area (Å²) in [5.74, 6) is -0.0737. The smallest absolute Gasteiger partial charge is 0.251 e. The van der Waals surface area contributed by atoms with Crippen molar-refractivity contribution in [2.75, 3.05) is 6.54 Å². The molecule has 2 aromatic heterocycles. The van der Waals surface area contributed by atoms with Gasteiger partial charge in [0, 0.05) is 41.9 Å². The van der Waals surface area contributed by atoms with Crippen LogP contribution in [0.2, 0.25) is 0 Å². The molecule has 0 radical (unpaired) electrons. The molecular weight excluding hydrogens is 348 g/mol. The predicted molar refractivity (Wildman–Crippen MR) is 109 cm³/mol. The Hall–Kier alpha value is -3.73. The molecule has 138 valence electrons. The van der Waals surface area contributed by atoms with Gasteiger partial charge in [0.05, 0.1) is 12.0 Å². The number of pyridine rings is 1. The van der Waals surface area contributed by atoms with E-state index in [2.05, 4.69) is 15.3 Å². The fraction of sp³-hybridized carbons (Fsp3) is 0.0870. The maximum absolute atomic E-state index is 12.3. The maximum atomic E-state index is 12.3. The van der Waals surface area contributed by atoms with Gasteiger partial charge in [-0.3, -0.25) is 9.78 Å². The number of rotatable bonds is 6. The number of imidazole rings is 1. The Kier molecular flexibility index (Phi) is 5.24. The summed E-state index contributed by atoms with van der Waals surface area (Å²) in [6.07, 6.45) is 8.08. The number of para-hydroxylation sites is 1. The van der Waals surface area contributed by atoms with Crippen LogP contribution < -0.4 is 5.32 Å². The van der Waals surface area contributed by atoms with E-state index in [0.717, 1.165) is 28.9 Å². The Labute approximate surface area is 163 Å². The van der Waals surface area contributed by atoms with Gasteiger partial charge in [-0.2, -0.15) is 0 Å². The highest BCUT2D eigenvalue weighted by Crippen LogP contribution is 2.19. The predicted octanol–water partition coefficient (Wildman–Crippen LogP) is 3.91. The largest absolute Gasteiger partial charge is 0.352 e. The fourth-order valence-corrected chi connectivity index (χ4v) is 2.98. The number of hydrogen-bond acceptors (Lipinski definition) is 3. The van der Waals surface area contributed by atoms with Crippen molar-refractivity contribution in [2.24, 2.45) is 0 Å². The first-order valence-corrected chi connectivity index (χ1v) is 9.16. The lowest BCUT2D eigenvalue weighted by Gasteiger charge is -2.06. The molecule has 1 N–H and O–H groups in total. The first-order chi connectivity index (χ1) is 13.8. The second kappa shape index (κ2) is 8.31. The van der Waals surface area contributed by atoms with Crippen molar-refractivity contribution in [2.45, 2.75) is 6.42 Å². The van der Waals surface area contributed by atoms with Gasteiger partial charge in [0.25, 0.3) is 5.91 Å². The minimum atomic E-state index is -0.0737. The van der Waals surface area contributed by atoms with Crippen LogP contribution >= 0.6 is 0 Å². The third kappa shape index (κ3) is 4.15. The molecule has 2 aromatic carbocycles. The SMILES string of the molecule is O=C(NCCc1ccncc1)c1ccc(-c2cn(-c3ccccc3)cn2)cc1. The highest BCUT2D eigenvalue weighted by molar-refractivity contribution is 5.94. The summed E-state index contributed by atoms with van der Waals surface area (Å²) < 4.78 is 1.98. The Balaban J connectivity index is 1.38. The van der Waals surface area contributed by atoms with Crippen molar-refractivity contribution in [3.8, 4) is 16.9 Å². The fourth-order valence-electron chi connectivity index (χ4n) is 2.98. The zero-order valence-electron chi connectivity index (χ0n) is 15.3. The molecule has 0 aliphatic heterocycles. The number of amides is 1. The summed E-state index contributed by atoms with van der Waals surface area (Å²) in [5.41, 5.74) is 4.70. The van der Waals surface area contributed by atoms with Crippen LogP contribution in [0, 0.1) is 0 Å². The second-order valence-electron chi connectivity index (χ2n) is 6.44. The lowest BCUT2D eigenvalue weighted by Crippen LogP contribution is -2.25. The molecule has 0 aliphatic rings. The van der Waals surface area contributed by atoms with E-state index in [1.54, 1.807) is 18.7 Å². The minimum Gasteiger partial charge on any atom is -0.352 e. The minimum absolute atomic E-state index is 0.0737. The number of nitrogens with one attached hydrogen (secondary N) is 1. The van der Waals surface area contributed by atoms with E-state index in [1.807, 2.05) is 77.5 Å². The number of benzene rings is 2. The molecule has 28 heavy (non-hydrogen) atoms. The molecule has 0 aliphatic carbocycles. The molecule has 2 heterocycles. The third-order valence-electron chi connectivity index (χ3n) is 4.53. The molecule has 5 heteroatoms. The van der Waals surface area contributed by atoms with Crippen LogP contribution in [0.25, 0.3) is 16.9 Å². The normalized spacial score (nSPS) is 10.6. The van der Waals surface area contributed by atoms with Gasteiger partial charge in [-0.1, -0.05) is 30.3 Å². The van der Waals surface area contributed by atoms with Gasteiger partial charge < -0.3 is 9.88 Å². The topological polar surface area (TPSA) is 59.8 Å². The van der Waals surface area contributed by atoms with Crippen molar-refractivity contribution in [1.29, 1.82) is 0 Å². The highest BCUT2D eigenvalue weighted by atomic mass is 16.1. The van der Waals surface area contributed by atoms with Crippen molar-refractivity contribution < 1.29 is 4.79 Å². The Bertz CT molecular complexity index is 1040. The Morgan fingerprint density at radius 3 is 2.43 bits per heavy atom. The van der Waals surface area contributed by atoms with Crippen LogP contribution in [0.4, 0.5) is 0 Å². The van der Waals surface area contributed by atoms with Crippen molar-refractivity contribution in [1.82, 2.24) is 19.9 Å². The monoisotopic (exact) mass is 368 g/mol. The lowest BCUT2D eigenvalue weighted by atomic mass is 10.1. The average Bonchev–Trinajstić information content (AvgIpc) is 3.25.